The molecule has 3 aromatic rings. The van der Waals surface area contributed by atoms with Crippen LogP contribution in [-0.2, 0) is 27.6 Å². The highest BCUT2D eigenvalue weighted by atomic mass is 32.2. The molecule has 27 heavy (non-hydrogen) atoms. The van der Waals surface area contributed by atoms with Gasteiger partial charge in [0.1, 0.15) is 0 Å². The number of carbonyl (C=O) groups is 1. The number of benzene rings is 1. The lowest BCUT2D eigenvalue weighted by atomic mass is 10.1. The molecule has 3 rings (SSSR count). The molecule has 8 heteroatoms. The smallest absolute Gasteiger partial charge is 0.220 e. The Kier molecular flexibility index (Phi) is 5.98. The molecular weight excluding hydrogens is 382 g/mol. The van der Waals surface area contributed by atoms with Crippen molar-refractivity contribution in [3.05, 3.63) is 64.7 Å². The Morgan fingerprint density at radius 2 is 1.85 bits per heavy atom. The maximum atomic E-state index is 12.2. The summed E-state index contributed by atoms with van der Waals surface area (Å²) < 4.78 is 22.9. The second kappa shape index (κ2) is 8.41. The van der Waals surface area contributed by atoms with Crippen molar-refractivity contribution in [3.63, 3.8) is 0 Å². The number of aryl methyl sites for hydroxylation is 1. The molecule has 2 aromatic heterocycles. The Balaban J connectivity index is 1.55. The first-order valence-corrected chi connectivity index (χ1v) is 11.1. The first-order valence-electron chi connectivity index (χ1n) is 8.31. The summed E-state index contributed by atoms with van der Waals surface area (Å²) in [6.07, 6.45) is 5.27. The number of thiophene rings is 1. The molecular formula is C19H19N3O3S2. The molecule has 0 aliphatic carbocycles. The van der Waals surface area contributed by atoms with Gasteiger partial charge >= 0.3 is 0 Å². The molecule has 0 aliphatic rings. The Labute approximate surface area is 162 Å². The summed E-state index contributed by atoms with van der Waals surface area (Å²) in [6.45, 7) is 0.310. The zero-order valence-electron chi connectivity index (χ0n) is 14.8. The molecule has 140 valence electrons. The first kappa shape index (κ1) is 19.2. The number of nitrogens with one attached hydrogen (secondary N) is 1. The topological polar surface area (TPSA) is 89.0 Å². The fourth-order valence-electron chi connectivity index (χ4n) is 2.57. The maximum absolute atomic E-state index is 12.2. The summed E-state index contributed by atoms with van der Waals surface area (Å²) in [5.74, 6) is -0.0934. The van der Waals surface area contributed by atoms with E-state index in [-0.39, 0.29) is 10.8 Å². The van der Waals surface area contributed by atoms with Gasteiger partial charge in [-0.05, 0) is 35.6 Å². The van der Waals surface area contributed by atoms with Gasteiger partial charge in [0.15, 0.2) is 9.84 Å². The van der Waals surface area contributed by atoms with Gasteiger partial charge in [0.05, 0.1) is 22.8 Å². The van der Waals surface area contributed by atoms with E-state index in [1.54, 1.807) is 48.0 Å². The highest BCUT2D eigenvalue weighted by molar-refractivity contribution is 7.90. The van der Waals surface area contributed by atoms with Crippen molar-refractivity contribution < 1.29 is 13.2 Å². The highest BCUT2D eigenvalue weighted by Crippen LogP contribution is 2.22. The number of hydrogen-bond donors (Lipinski definition) is 1. The summed E-state index contributed by atoms with van der Waals surface area (Å²) in [4.78, 5) is 21.1. The minimum absolute atomic E-state index is 0.0934. The average molecular weight is 402 g/mol. The summed E-state index contributed by atoms with van der Waals surface area (Å²) in [6, 6.07) is 8.58. The Morgan fingerprint density at radius 1 is 1.11 bits per heavy atom. The molecule has 0 saturated heterocycles. The lowest BCUT2D eigenvalue weighted by molar-refractivity contribution is -0.121. The highest BCUT2D eigenvalue weighted by Gasteiger charge is 2.10. The normalized spacial score (nSPS) is 11.3. The fourth-order valence-corrected chi connectivity index (χ4v) is 3.84. The fraction of sp³-hybridized carbons (Fsp3) is 0.211. The molecule has 1 N–H and O–H groups in total. The van der Waals surface area contributed by atoms with E-state index in [0.29, 0.717) is 19.4 Å². The van der Waals surface area contributed by atoms with Crippen molar-refractivity contribution in [2.75, 3.05) is 6.26 Å². The third-order valence-corrected chi connectivity index (χ3v) is 5.83. The standard InChI is InChI=1S/C19H19N3O3S2/c1-27(24,25)16-5-2-14(3-6-16)4-7-18(23)22-12-17-19(21-10-9-20-17)15-8-11-26-13-15/h2-3,5-6,8-11,13H,4,7,12H2,1H3,(H,22,23). The third-order valence-electron chi connectivity index (χ3n) is 4.01. The minimum atomic E-state index is -3.20. The van der Waals surface area contributed by atoms with E-state index in [9.17, 15) is 13.2 Å². The molecule has 0 fully saturated rings. The van der Waals surface area contributed by atoms with Crippen LogP contribution in [-0.4, -0.2) is 30.5 Å². The molecule has 0 aliphatic heterocycles. The van der Waals surface area contributed by atoms with Gasteiger partial charge in [-0.25, -0.2) is 8.42 Å². The van der Waals surface area contributed by atoms with Gasteiger partial charge in [-0.15, -0.1) is 0 Å². The second-order valence-electron chi connectivity index (χ2n) is 6.06. The van der Waals surface area contributed by atoms with Crippen molar-refractivity contribution in [3.8, 4) is 11.3 Å². The summed E-state index contributed by atoms with van der Waals surface area (Å²) in [7, 11) is -3.20. The molecule has 1 amide bonds. The van der Waals surface area contributed by atoms with Gasteiger partial charge < -0.3 is 5.32 Å². The summed E-state index contributed by atoms with van der Waals surface area (Å²) in [5, 5.41) is 6.84. The lowest BCUT2D eigenvalue weighted by Gasteiger charge is -2.08. The van der Waals surface area contributed by atoms with Crippen LogP contribution in [0.2, 0.25) is 0 Å². The number of hydrogen-bond acceptors (Lipinski definition) is 6. The number of aromatic nitrogens is 2. The maximum Gasteiger partial charge on any atom is 0.220 e. The van der Waals surface area contributed by atoms with E-state index in [0.717, 1.165) is 22.5 Å². The molecule has 0 saturated carbocycles. The van der Waals surface area contributed by atoms with Gasteiger partial charge in [-0.3, -0.25) is 14.8 Å². The van der Waals surface area contributed by atoms with E-state index in [4.69, 9.17) is 0 Å². The molecule has 0 atom stereocenters. The second-order valence-corrected chi connectivity index (χ2v) is 8.85. The monoisotopic (exact) mass is 401 g/mol. The molecule has 1 aromatic carbocycles. The van der Waals surface area contributed by atoms with Crippen LogP contribution in [0.15, 0.2) is 58.4 Å². The quantitative estimate of drug-likeness (QED) is 0.658. The molecule has 6 nitrogen and oxygen atoms in total. The van der Waals surface area contributed by atoms with Crippen LogP contribution in [0, 0.1) is 0 Å². The van der Waals surface area contributed by atoms with Crippen molar-refractivity contribution >= 4 is 27.1 Å². The number of carbonyl (C=O) groups excluding carboxylic acids is 1. The number of rotatable bonds is 7. The zero-order chi connectivity index (χ0) is 19.3. The van der Waals surface area contributed by atoms with Crippen LogP contribution >= 0.6 is 11.3 Å². The van der Waals surface area contributed by atoms with Gasteiger partial charge in [0.25, 0.3) is 0 Å². The SMILES string of the molecule is CS(=O)(=O)c1ccc(CCC(=O)NCc2nccnc2-c2ccsc2)cc1. The van der Waals surface area contributed by atoms with Crippen LogP contribution in [0.3, 0.4) is 0 Å². The van der Waals surface area contributed by atoms with Crippen LogP contribution in [0.1, 0.15) is 17.7 Å². The molecule has 0 radical (unpaired) electrons. The van der Waals surface area contributed by atoms with Crippen LogP contribution in [0.4, 0.5) is 0 Å². The van der Waals surface area contributed by atoms with Gasteiger partial charge in [-0.2, -0.15) is 11.3 Å². The van der Waals surface area contributed by atoms with Crippen molar-refractivity contribution in [2.24, 2.45) is 0 Å². The summed E-state index contributed by atoms with van der Waals surface area (Å²) in [5.41, 5.74) is 3.40. The minimum Gasteiger partial charge on any atom is -0.350 e. The van der Waals surface area contributed by atoms with Gasteiger partial charge in [0.2, 0.25) is 5.91 Å². The van der Waals surface area contributed by atoms with Crippen molar-refractivity contribution in [1.82, 2.24) is 15.3 Å². The molecule has 0 bridgehead atoms. The van der Waals surface area contributed by atoms with Crippen LogP contribution < -0.4 is 5.32 Å². The first-order chi connectivity index (χ1) is 12.9. The van der Waals surface area contributed by atoms with E-state index in [1.807, 2.05) is 16.8 Å². The third kappa shape index (κ3) is 5.21. The molecule has 0 spiro atoms. The Bertz CT molecular complexity index is 1010. The lowest BCUT2D eigenvalue weighted by Crippen LogP contribution is -2.24. The number of nitrogens with zero attached hydrogens (tertiary/aromatic N) is 2. The number of amides is 1. The predicted octanol–water partition coefficient (Wildman–Crippen LogP) is 2.86. The van der Waals surface area contributed by atoms with E-state index in [2.05, 4.69) is 15.3 Å². The van der Waals surface area contributed by atoms with Gasteiger partial charge in [-0.1, -0.05) is 12.1 Å². The average Bonchev–Trinajstić information content (AvgIpc) is 3.19. The largest absolute Gasteiger partial charge is 0.350 e. The van der Waals surface area contributed by atoms with Crippen molar-refractivity contribution in [1.29, 1.82) is 0 Å². The van der Waals surface area contributed by atoms with Crippen LogP contribution in [0.25, 0.3) is 11.3 Å². The summed E-state index contributed by atoms with van der Waals surface area (Å²) >= 11 is 1.58. The molecule has 0 unspecified atom stereocenters. The molecule has 2 heterocycles. The predicted molar refractivity (Wildman–Crippen MR) is 105 cm³/mol. The van der Waals surface area contributed by atoms with E-state index < -0.39 is 9.84 Å². The zero-order valence-corrected chi connectivity index (χ0v) is 16.4. The van der Waals surface area contributed by atoms with Gasteiger partial charge in [0, 0.05) is 36.0 Å². The Morgan fingerprint density at radius 3 is 2.52 bits per heavy atom. The van der Waals surface area contributed by atoms with E-state index >= 15 is 0 Å². The number of sulfone groups is 1. The van der Waals surface area contributed by atoms with E-state index in [1.165, 1.54) is 6.26 Å². The van der Waals surface area contributed by atoms with Crippen LogP contribution in [0.5, 0.6) is 0 Å². The van der Waals surface area contributed by atoms with Crippen molar-refractivity contribution in [2.45, 2.75) is 24.3 Å². The Hall–Kier alpha value is -2.58.